The Morgan fingerprint density at radius 1 is 1.53 bits per heavy atom. The standard InChI is InChI=1S/C13H16FO2P/c1-2-8-5-6-16-13(15)12(8)9-3-4-11(17)10(14)7-9/h2-4,7-8,12-13,15H,1,5-6,17H2. The van der Waals surface area contributed by atoms with Crippen LogP contribution in [0.5, 0.6) is 0 Å². The second kappa shape index (κ2) is 5.26. The van der Waals surface area contributed by atoms with Crippen LogP contribution in [-0.2, 0) is 4.74 Å². The topological polar surface area (TPSA) is 29.5 Å². The molecule has 1 aliphatic rings. The van der Waals surface area contributed by atoms with E-state index in [0.29, 0.717) is 11.9 Å². The summed E-state index contributed by atoms with van der Waals surface area (Å²) in [6.45, 7) is 4.28. The minimum atomic E-state index is -0.887. The van der Waals surface area contributed by atoms with Crippen molar-refractivity contribution in [2.45, 2.75) is 18.6 Å². The van der Waals surface area contributed by atoms with E-state index in [9.17, 15) is 9.50 Å². The van der Waals surface area contributed by atoms with Crippen LogP contribution >= 0.6 is 9.24 Å². The molecular weight excluding hydrogens is 238 g/mol. The molecule has 1 saturated heterocycles. The fourth-order valence-corrected chi connectivity index (χ4v) is 2.43. The molecule has 0 saturated carbocycles. The molecule has 2 nitrogen and oxygen atoms in total. The van der Waals surface area contributed by atoms with Crippen molar-refractivity contribution in [3.63, 3.8) is 0 Å². The highest BCUT2D eigenvalue weighted by molar-refractivity contribution is 7.27. The maximum Gasteiger partial charge on any atom is 0.161 e. The first-order chi connectivity index (χ1) is 8.13. The molecule has 2 rings (SSSR count). The molecule has 4 heteroatoms. The van der Waals surface area contributed by atoms with Crippen LogP contribution in [0.1, 0.15) is 17.9 Å². The molecule has 0 spiro atoms. The van der Waals surface area contributed by atoms with Crippen molar-refractivity contribution in [3.8, 4) is 0 Å². The fraction of sp³-hybridized carbons (Fsp3) is 0.385. The number of aliphatic hydroxyl groups excluding tert-OH is 1. The van der Waals surface area contributed by atoms with Gasteiger partial charge in [0.05, 0.1) is 6.61 Å². The molecule has 92 valence electrons. The highest BCUT2D eigenvalue weighted by Gasteiger charge is 2.32. The Bertz CT molecular complexity index is 422. The second-order valence-electron chi connectivity index (χ2n) is 4.26. The number of rotatable bonds is 2. The van der Waals surface area contributed by atoms with Gasteiger partial charge in [0.2, 0.25) is 0 Å². The van der Waals surface area contributed by atoms with E-state index in [1.807, 2.05) is 12.1 Å². The molecule has 0 amide bonds. The summed E-state index contributed by atoms with van der Waals surface area (Å²) in [6, 6.07) is 4.97. The molecule has 17 heavy (non-hydrogen) atoms. The third-order valence-corrected chi connectivity index (χ3v) is 3.69. The predicted molar refractivity (Wildman–Crippen MR) is 68.7 cm³/mol. The Kier molecular flexibility index (Phi) is 3.93. The van der Waals surface area contributed by atoms with Gasteiger partial charge in [-0.1, -0.05) is 18.2 Å². The van der Waals surface area contributed by atoms with Crippen LogP contribution in [0.2, 0.25) is 0 Å². The predicted octanol–water partition coefficient (Wildman–Crippen LogP) is 1.95. The largest absolute Gasteiger partial charge is 0.367 e. The first-order valence-corrected chi connectivity index (χ1v) is 6.18. The molecule has 1 N–H and O–H groups in total. The molecule has 1 aliphatic heterocycles. The lowest BCUT2D eigenvalue weighted by Crippen LogP contribution is -2.33. The SMILES string of the molecule is C=CC1CCOC(O)C1c1ccc(P)c(F)c1. The first-order valence-electron chi connectivity index (χ1n) is 5.60. The molecule has 1 heterocycles. The number of ether oxygens (including phenoxy) is 1. The summed E-state index contributed by atoms with van der Waals surface area (Å²) in [5, 5.41) is 10.4. The number of hydrogen-bond donors (Lipinski definition) is 1. The number of halogens is 1. The zero-order valence-corrected chi connectivity index (χ0v) is 10.6. The summed E-state index contributed by atoms with van der Waals surface area (Å²) in [7, 11) is 2.34. The van der Waals surface area contributed by atoms with E-state index in [4.69, 9.17) is 4.74 Å². The second-order valence-corrected chi connectivity index (χ2v) is 4.88. The van der Waals surface area contributed by atoms with Crippen molar-refractivity contribution >= 4 is 14.5 Å². The van der Waals surface area contributed by atoms with Crippen LogP contribution in [0.3, 0.4) is 0 Å². The van der Waals surface area contributed by atoms with Crippen molar-refractivity contribution in [1.29, 1.82) is 0 Å². The Balaban J connectivity index is 2.34. The zero-order chi connectivity index (χ0) is 12.4. The zero-order valence-electron chi connectivity index (χ0n) is 9.47. The molecule has 1 fully saturated rings. The van der Waals surface area contributed by atoms with Crippen molar-refractivity contribution < 1.29 is 14.2 Å². The lowest BCUT2D eigenvalue weighted by Gasteiger charge is -2.34. The highest BCUT2D eigenvalue weighted by Crippen LogP contribution is 2.35. The molecule has 1 aromatic rings. The summed E-state index contributed by atoms with van der Waals surface area (Å²) in [4.78, 5) is 0. The van der Waals surface area contributed by atoms with Gasteiger partial charge >= 0.3 is 0 Å². The van der Waals surface area contributed by atoms with Gasteiger partial charge in [-0.25, -0.2) is 4.39 Å². The lowest BCUT2D eigenvalue weighted by atomic mass is 9.82. The first kappa shape index (κ1) is 12.7. The average Bonchev–Trinajstić information content (AvgIpc) is 2.32. The minimum Gasteiger partial charge on any atom is -0.367 e. The number of aliphatic hydroxyl groups is 1. The van der Waals surface area contributed by atoms with Gasteiger partial charge in [-0.05, 0) is 24.0 Å². The van der Waals surface area contributed by atoms with Gasteiger partial charge in [-0.3, -0.25) is 0 Å². The Morgan fingerprint density at radius 2 is 2.29 bits per heavy atom. The Hall–Kier alpha value is -0.760. The van der Waals surface area contributed by atoms with E-state index in [2.05, 4.69) is 15.8 Å². The summed E-state index contributed by atoms with van der Waals surface area (Å²) in [5.41, 5.74) is 0.755. The van der Waals surface area contributed by atoms with Gasteiger partial charge < -0.3 is 9.84 Å². The summed E-state index contributed by atoms with van der Waals surface area (Å²) in [5.74, 6) is -0.400. The minimum absolute atomic E-state index is 0.119. The summed E-state index contributed by atoms with van der Waals surface area (Å²) >= 11 is 0. The summed E-state index contributed by atoms with van der Waals surface area (Å²) in [6.07, 6.45) is 1.72. The van der Waals surface area contributed by atoms with E-state index in [1.54, 1.807) is 6.07 Å². The van der Waals surface area contributed by atoms with Gasteiger partial charge in [0, 0.05) is 11.2 Å². The smallest absolute Gasteiger partial charge is 0.161 e. The number of hydrogen-bond acceptors (Lipinski definition) is 2. The monoisotopic (exact) mass is 254 g/mol. The maximum absolute atomic E-state index is 13.5. The molecule has 4 atom stereocenters. The molecule has 4 unspecified atom stereocenters. The quantitative estimate of drug-likeness (QED) is 0.645. The van der Waals surface area contributed by atoms with Crippen LogP contribution in [0.4, 0.5) is 4.39 Å². The van der Waals surface area contributed by atoms with Gasteiger partial charge in [0.15, 0.2) is 6.29 Å². The van der Waals surface area contributed by atoms with Gasteiger partial charge in [-0.15, -0.1) is 15.8 Å². The third-order valence-electron chi connectivity index (χ3n) is 3.22. The fourth-order valence-electron chi connectivity index (χ4n) is 2.25. The van der Waals surface area contributed by atoms with E-state index >= 15 is 0 Å². The normalized spacial score (nSPS) is 29.0. The van der Waals surface area contributed by atoms with Crippen molar-refractivity contribution in [1.82, 2.24) is 0 Å². The Labute approximate surface area is 103 Å². The highest BCUT2D eigenvalue weighted by atomic mass is 31.0. The van der Waals surface area contributed by atoms with Crippen LogP contribution in [0.25, 0.3) is 0 Å². The maximum atomic E-state index is 13.5. The van der Waals surface area contributed by atoms with E-state index in [0.717, 1.165) is 12.0 Å². The van der Waals surface area contributed by atoms with Crippen molar-refractivity contribution in [3.05, 3.63) is 42.2 Å². The molecule has 0 aliphatic carbocycles. The number of allylic oxidation sites excluding steroid dienone is 1. The van der Waals surface area contributed by atoms with Gasteiger partial charge in [-0.2, -0.15) is 0 Å². The van der Waals surface area contributed by atoms with Crippen molar-refractivity contribution in [2.24, 2.45) is 5.92 Å². The van der Waals surface area contributed by atoms with E-state index in [1.165, 1.54) is 6.07 Å². The number of benzene rings is 1. The van der Waals surface area contributed by atoms with Crippen LogP contribution in [0, 0.1) is 11.7 Å². The molecule has 0 bridgehead atoms. The molecular formula is C13H16FO2P. The molecule has 1 aromatic carbocycles. The average molecular weight is 254 g/mol. The lowest BCUT2D eigenvalue weighted by molar-refractivity contribution is -0.148. The summed E-state index contributed by atoms with van der Waals surface area (Å²) < 4.78 is 18.8. The van der Waals surface area contributed by atoms with Crippen LogP contribution in [0.15, 0.2) is 30.9 Å². The van der Waals surface area contributed by atoms with E-state index in [-0.39, 0.29) is 17.7 Å². The van der Waals surface area contributed by atoms with E-state index < -0.39 is 6.29 Å². The van der Waals surface area contributed by atoms with Gasteiger partial charge in [0.25, 0.3) is 0 Å². The Morgan fingerprint density at radius 3 is 2.94 bits per heavy atom. The molecule has 0 aromatic heterocycles. The van der Waals surface area contributed by atoms with Crippen LogP contribution < -0.4 is 5.30 Å². The molecule has 0 radical (unpaired) electrons. The van der Waals surface area contributed by atoms with Crippen LogP contribution in [-0.4, -0.2) is 18.0 Å². The van der Waals surface area contributed by atoms with Gasteiger partial charge in [0.1, 0.15) is 5.82 Å². The van der Waals surface area contributed by atoms with Crippen molar-refractivity contribution in [2.75, 3.05) is 6.61 Å². The third kappa shape index (κ3) is 2.57.